The summed E-state index contributed by atoms with van der Waals surface area (Å²) in [6.45, 7) is 7.81. The summed E-state index contributed by atoms with van der Waals surface area (Å²) < 4.78 is 5.41. The molecule has 3 aliphatic rings. The van der Waals surface area contributed by atoms with E-state index in [0.717, 1.165) is 75.2 Å². The third-order valence-electron chi connectivity index (χ3n) is 8.40. The van der Waals surface area contributed by atoms with Gasteiger partial charge >= 0.3 is 0 Å². The molecule has 184 valence electrons. The van der Waals surface area contributed by atoms with Crippen LogP contribution in [-0.4, -0.2) is 71.2 Å². The van der Waals surface area contributed by atoms with Crippen LogP contribution in [0.25, 0.3) is 22.6 Å². The summed E-state index contributed by atoms with van der Waals surface area (Å²) in [5.74, 6) is 1.49. The number of benzene rings is 1. The first-order chi connectivity index (χ1) is 17.2. The Morgan fingerprint density at radius 2 is 2.03 bits per heavy atom. The molecule has 3 fully saturated rings. The van der Waals surface area contributed by atoms with Crippen molar-refractivity contribution in [3.63, 3.8) is 0 Å². The van der Waals surface area contributed by atoms with Gasteiger partial charge in [0.1, 0.15) is 5.82 Å². The third kappa shape index (κ3) is 4.29. The van der Waals surface area contributed by atoms with Crippen LogP contribution < -0.4 is 10.6 Å². The number of rotatable bonds is 8. The number of imidazole rings is 1. The van der Waals surface area contributed by atoms with E-state index in [-0.39, 0.29) is 11.9 Å². The van der Waals surface area contributed by atoms with Gasteiger partial charge in [-0.2, -0.15) is 0 Å². The predicted molar refractivity (Wildman–Crippen MR) is 136 cm³/mol. The van der Waals surface area contributed by atoms with Gasteiger partial charge in [0.25, 0.3) is 5.91 Å². The molecule has 2 aliphatic carbocycles. The second-order valence-electron chi connectivity index (χ2n) is 10.2. The number of ether oxygens (including phenoxy) is 1. The van der Waals surface area contributed by atoms with Crippen molar-refractivity contribution in [3.8, 4) is 11.4 Å². The van der Waals surface area contributed by atoms with E-state index < -0.39 is 0 Å². The average molecular weight is 475 g/mol. The van der Waals surface area contributed by atoms with E-state index in [1.165, 1.54) is 12.8 Å². The normalized spacial score (nSPS) is 26.0. The predicted octanol–water partition coefficient (Wildman–Crippen LogP) is 3.68. The summed E-state index contributed by atoms with van der Waals surface area (Å²) in [4.78, 5) is 28.1. The van der Waals surface area contributed by atoms with Crippen LogP contribution in [0.15, 0.2) is 36.5 Å². The molecule has 3 unspecified atom stereocenters. The van der Waals surface area contributed by atoms with Crippen LogP contribution in [0.3, 0.4) is 0 Å². The fourth-order valence-corrected chi connectivity index (χ4v) is 6.17. The summed E-state index contributed by atoms with van der Waals surface area (Å²) in [7, 11) is 0. The van der Waals surface area contributed by atoms with Gasteiger partial charge in [-0.1, -0.05) is 6.92 Å². The molecule has 6 rings (SSSR count). The van der Waals surface area contributed by atoms with Gasteiger partial charge in [0, 0.05) is 49.7 Å². The Balaban J connectivity index is 1.13. The van der Waals surface area contributed by atoms with E-state index in [1.807, 2.05) is 12.1 Å². The second kappa shape index (κ2) is 9.24. The molecule has 3 aromatic rings. The second-order valence-corrected chi connectivity index (χ2v) is 10.2. The molecule has 2 aromatic heterocycles. The molecular weight excluding hydrogens is 440 g/mol. The lowest BCUT2D eigenvalue weighted by atomic mass is 9.94. The number of hydrogen-bond acceptors (Lipinski definition) is 6. The summed E-state index contributed by atoms with van der Waals surface area (Å²) in [5, 5.41) is 6.83. The maximum atomic E-state index is 13.2. The van der Waals surface area contributed by atoms with Crippen LogP contribution in [0, 0.1) is 11.3 Å². The van der Waals surface area contributed by atoms with Crippen LogP contribution in [0.1, 0.15) is 43.0 Å². The molecule has 3 heterocycles. The van der Waals surface area contributed by atoms with Crippen molar-refractivity contribution in [1.29, 1.82) is 0 Å². The lowest BCUT2D eigenvalue weighted by molar-refractivity contribution is 0.0398. The molecule has 0 spiro atoms. The lowest BCUT2D eigenvalue weighted by Gasteiger charge is -2.26. The summed E-state index contributed by atoms with van der Waals surface area (Å²) >= 11 is 0. The number of amides is 1. The lowest BCUT2D eigenvalue weighted by Crippen LogP contribution is -2.39. The Morgan fingerprint density at radius 1 is 1.20 bits per heavy atom. The average Bonchev–Trinajstić information content (AvgIpc) is 3.27. The minimum atomic E-state index is -0.0298. The highest BCUT2D eigenvalue weighted by Crippen LogP contribution is 2.65. The highest BCUT2D eigenvalue weighted by molar-refractivity contribution is 6.04. The van der Waals surface area contributed by atoms with Crippen LogP contribution >= 0.6 is 0 Å². The fourth-order valence-electron chi connectivity index (χ4n) is 6.17. The van der Waals surface area contributed by atoms with E-state index in [4.69, 9.17) is 4.74 Å². The van der Waals surface area contributed by atoms with Crippen molar-refractivity contribution in [2.24, 2.45) is 11.3 Å². The number of morpholine rings is 1. The maximum Gasteiger partial charge on any atom is 0.253 e. The molecule has 8 nitrogen and oxygen atoms in total. The van der Waals surface area contributed by atoms with Gasteiger partial charge in [-0.3, -0.25) is 9.69 Å². The standard InChI is InChI=1S/C27H34N6O2/c1-2-27-17-19(27)5-8-22(27)30-26(34)21-9-10-29-25-23(21)31-24(32-25)18-3-6-20(7-4-18)28-11-12-33-13-15-35-16-14-33/h3-4,6-7,9-10,19,22,28H,2,5,8,11-17H2,1H3,(H,30,34)(H,29,31,32). The number of pyridine rings is 1. The summed E-state index contributed by atoms with van der Waals surface area (Å²) in [6.07, 6.45) is 6.39. The van der Waals surface area contributed by atoms with E-state index in [0.29, 0.717) is 22.1 Å². The number of aromatic nitrogens is 3. The molecule has 1 saturated heterocycles. The van der Waals surface area contributed by atoms with Crippen molar-refractivity contribution < 1.29 is 9.53 Å². The van der Waals surface area contributed by atoms with Gasteiger partial charge < -0.3 is 20.4 Å². The Bertz CT molecular complexity index is 1200. The van der Waals surface area contributed by atoms with Gasteiger partial charge in [0.15, 0.2) is 5.65 Å². The Morgan fingerprint density at radius 3 is 2.80 bits per heavy atom. The van der Waals surface area contributed by atoms with Crippen molar-refractivity contribution in [3.05, 3.63) is 42.1 Å². The molecule has 35 heavy (non-hydrogen) atoms. The largest absolute Gasteiger partial charge is 0.384 e. The van der Waals surface area contributed by atoms with Crippen LogP contribution in [-0.2, 0) is 4.74 Å². The molecule has 0 radical (unpaired) electrons. The van der Waals surface area contributed by atoms with Crippen LogP contribution in [0.2, 0.25) is 0 Å². The topological polar surface area (TPSA) is 95.2 Å². The number of fused-ring (bicyclic) bond motifs is 2. The number of carbonyl (C=O) groups excluding carboxylic acids is 1. The molecule has 1 amide bonds. The van der Waals surface area contributed by atoms with E-state index in [1.54, 1.807) is 12.3 Å². The number of nitrogens with zero attached hydrogens (tertiary/aromatic N) is 3. The first-order valence-electron chi connectivity index (χ1n) is 13.0. The molecule has 1 aromatic carbocycles. The SMILES string of the molecule is CCC12CC1CCC2NC(=O)c1ccnc2nc(-c3ccc(NCCN4CCOCC4)cc3)[nH]c12. The number of carbonyl (C=O) groups is 1. The van der Waals surface area contributed by atoms with Crippen molar-refractivity contribution >= 4 is 22.8 Å². The highest BCUT2D eigenvalue weighted by Gasteiger charge is 2.61. The van der Waals surface area contributed by atoms with Gasteiger partial charge in [-0.25, -0.2) is 9.97 Å². The zero-order valence-corrected chi connectivity index (χ0v) is 20.3. The fraction of sp³-hybridized carbons (Fsp3) is 0.519. The number of nitrogens with one attached hydrogen (secondary N) is 3. The molecule has 3 atom stereocenters. The first-order valence-corrected chi connectivity index (χ1v) is 13.0. The third-order valence-corrected chi connectivity index (χ3v) is 8.40. The van der Waals surface area contributed by atoms with E-state index in [9.17, 15) is 4.79 Å². The van der Waals surface area contributed by atoms with Gasteiger partial charge in [0.2, 0.25) is 0 Å². The number of aromatic amines is 1. The molecule has 2 saturated carbocycles. The minimum absolute atomic E-state index is 0.0298. The van der Waals surface area contributed by atoms with E-state index in [2.05, 4.69) is 49.5 Å². The quantitative estimate of drug-likeness (QED) is 0.461. The van der Waals surface area contributed by atoms with Gasteiger partial charge in [-0.15, -0.1) is 0 Å². The maximum absolute atomic E-state index is 13.2. The Labute approximate surface area is 205 Å². The summed E-state index contributed by atoms with van der Waals surface area (Å²) in [6, 6.07) is 10.3. The molecular formula is C27H34N6O2. The van der Waals surface area contributed by atoms with E-state index >= 15 is 0 Å². The number of hydrogen-bond donors (Lipinski definition) is 3. The molecule has 3 N–H and O–H groups in total. The Hall–Kier alpha value is -2.97. The van der Waals surface area contributed by atoms with Crippen molar-refractivity contribution in [2.75, 3.05) is 44.7 Å². The highest BCUT2D eigenvalue weighted by atomic mass is 16.5. The minimum Gasteiger partial charge on any atom is -0.384 e. The first kappa shape index (κ1) is 22.5. The number of anilines is 1. The molecule has 0 bridgehead atoms. The molecule has 8 heteroatoms. The van der Waals surface area contributed by atoms with Crippen LogP contribution in [0.5, 0.6) is 0 Å². The number of H-pyrrole nitrogens is 1. The zero-order chi connectivity index (χ0) is 23.8. The monoisotopic (exact) mass is 474 g/mol. The summed E-state index contributed by atoms with van der Waals surface area (Å²) in [5.41, 5.74) is 4.26. The van der Waals surface area contributed by atoms with Crippen LogP contribution in [0.4, 0.5) is 5.69 Å². The van der Waals surface area contributed by atoms with Gasteiger partial charge in [0.05, 0.1) is 24.3 Å². The Kier molecular flexibility index (Phi) is 5.94. The molecule has 1 aliphatic heterocycles. The van der Waals surface area contributed by atoms with Crippen molar-refractivity contribution in [2.45, 2.75) is 38.6 Å². The van der Waals surface area contributed by atoms with Gasteiger partial charge in [-0.05, 0) is 67.3 Å². The smallest absolute Gasteiger partial charge is 0.253 e. The van der Waals surface area contributed by atoms with Crippen molar-refractivity contribution in [1.82, 2.24) is 25.2 Å². The zero-order valence-electron chi connectivity index (χ0n) is 20.3.